The summed E-state index contributed by atoms with van der Waals surface area (Å²) in [7, 11) is 1.03. The van der Waals surface area contributed by atoms with Gasteiger partial charge in [0.2, 0.25) is 10.0 Å². The number of carbonyl (C=O) groups excluding carboxylic acids is 1. The van der Waals surface area contributed by atoms with E-state index in [9.17, 15) is 13.2 Å². The molecule has 0 radical (unpaired) electrons. The van der Waals surface area contributed by atoms with Crippen LogP contribution in [0.4, 0.5) is 0 Å². The van der Waals surface area contributed by atoms with E-state index in [0.29, 0.717) is 37.0 Å². The number of amides is 1. The van der Waals surface area contributed by atoms with Crippen LogP contribution in [0.2, 0.25) is 0 Å². The molecule has 0 saturated carbocycles. The van der Waals surface area contributed by atoms with E-state index in [1.807, 2.05) is 18.2 Å². The van der Waals surface area contributed by atoms with E-state index >= 15 is 0 Å². The lowest BCUT2D eigenvalue weighted by molar-refractivity contribution is 0.0775. The Kier molecular flexibility index (Phi) is 4.92. The van der Waals surface area contributed by atoms with Crippen molar-refractivity contribution in [1.29, 1.82) is 0 Å². The summed E-state index contributed by atoms with van der Waals surface area (Å²) in [6.07, 6.45) is 1.41. The van der Waals surface area contributed by atoms with Crippen molar-refractivity contribution in [1.82, 2.24) is 14.2 Å². The monoisotopic (exact) mass is 379 g/mol. The fourth-order valence-corrected chi connectivity index (χ4v) is 3.54. The number of nitrogens with zero attached hydrogens (tertiary/aromatic N) is 2. The molecule has 140 valence electrons. The van der Waals surface area contributed by atoms with Crippen molar-refractivity contribution in [3.05, 3.63) is 41.7 Å². The average Bonchev–Trinajstić information content (AvgIpc) is 3.03. The highest BCUT2D eigenvalue weighted by molar-refractivity contribution is 7.89. The van der Waals surface area contributed by atoms with Crippen LogP contribution in [0.5, 0.6) is 11.5 Å². The molecule has 0 atom stereocenters. The minimum atomic E-state index is -3.60. The Bertz CT molecular complexity index is 936. The van der Waals surface area contributed by atoms with E-state index < -0.39 is 10.0 Å². The molecule has 2 heterocycles. The molecule has 0 fully saturated rings. The number of carbonyl (C=O) groups is 1. The van der Waals surface area contributed by atoms with Crippen LogP contribution in [0.3, 0.4) is 0 Å². The third-order valence-electron chi connectivity index (χ3n) is 4.15. The number of benzene rings is 1. The van der Waals surface area contributed by atoms with Crippen molar-refractivity contribution in [2.24, 2.45) is 7.05 Å². The van der Waals surface area contributed by atoms with E-state index in [1.165, 1.54) is 28.8 Å². The summed E-state index contributed by atoms with van der Waals surface area (Å²) in [4.78, 5) is 14.3. The van der Waals surface area contributed by atoms with Gasteiger partial charge in [-0.25, -0.2) is 13.1 Å². The normalized spacial score (nSPS) is 13.5. The lowest BCUT2D eigenvalue weighted by Gasteiger charge is -2.21. The third-order valence-corrected chi connectivity index (χ3v) is 5.53. The quantitative estimate of drug-likeness (QED) is 0.836. The molecule has 2 aromatic rings. The summed E-state index contributed by atoms with van der Waals surface area (Å²) in [6, 6.07) is 6.91. The molecule has 0 unspecified atom stereocenters. The summed E-state index contributed by atoms with van der Waals surface area (Å²) in [5.74, 6) is 1.08. The Balaban J connectivity index is 1.78. The number of hydrogen-bond acceptors (Lipinski definition) is 5. The first-order chi connectivity index (χ1) is 12.3. The summed E-state index contributed by atoms with van der Waals surface area (Å²) >= 11 is 0. The number of fused-ring (bicyclic) bond motifs is 1. The van der Waals surface area contributed by atoms with Crippen LogP contribution < -0.4 is 14.2 Å². The van der Waals surface area contributed by atoms with Crippen LogP contribution >= 0.6 is 0 Å². The maximum atomic E-state index is 12.7. The topological polar surface area (TPSA) is 89.9 Å². The van der Waals surface area contributed by atoms with Crippen molar-refractivity contribution in [2.45, 2.75) is 11.4 Å². The van der Waals surface area contributed by atoms with Crippen LogP contribution in [0.25, 0.3) is 0 Å². The second-order valence-electron chi connectivity index (χ2n) is 6.02. The number of hydrogen-bond donors (Lipinski definition) is 1. The molecule has 0 bridgehead atoms. The molecule has 0 saturated heterocycles. The fourth-order valence-electron chi connectivity index (χ4n) is 2.74. The largest absolute Gasteiger partial charge is 0.486 e. The van der Waals surface area contributed by atoms with Gasteiger partial charge < -0.3 is 18.9 Å². The molecule has 8 nitrogen and oxygen atoms in total. The van der Waals surface area contributed by atoms with Crippen molar-refractivity contribution >= 4 is 15.9 Å². The summed E-state index contributed by atoms with van der Waals surface area (Å²) in [5, 5.41) is 0. The Hall–Kier alpha value is -2.52. The number of sulfonamides is 1. The smallest absolute Gasteiger partial charge is 0.270 e. The molecule has 3 rings (SSSR count). The molecule has 26 heavy (non-hydrogen) atoms. The molecule has 1 amide bonds. The van der Waals surface area contributed by atoms with Gasteiger partial charge in [-0.3, -0.25) is 4.79 Å². The Morgan fingerprint density at radius 2 is 1.92 bits per heavy atom. The molecular formula is C17H21N3O5S. The van der Waals surface area contributed by atoms with Gasteiger partial charge in [0.1, 0.15) is 23.8 Å². The SMILES string of the molecule is CNS(=O)(=O)c1cc(C(=O)N(C)Cc2ccc3c(c2)OCCO3)n(C)c1. The van der Waals surface area contributed by atoms with Gasteiger partial charge in [-0.15, -0.1) is 0 Å². The molecule has 0 spiro atoms. The van der Waals surface area contributed by atoms with Crippen LogP contribution in [0.15, 0.2) is 35.4 Å². The zero-order chi connectivity index (χ0) is 18.9. The van der Waals surface area contributed by atoms with Crippen LogP contribution in [0, 0.1) is 0 Å². The highest BCUT2D eigenvalue weighted by Gasteiger charge is 2.22. The lowest BCUT2D eigenvalue weighted by atomic mass is 10.2. The minimum absolute atomic E-state index is 0.0542. The molecule has 1 aromatic heterocycles. The van der Waals surface area contributed by atoms with Crippen molar-refractivity contribution in [2.75, 3.05) is 27.3 Å². The van der Waals surface area contributed by atoms with Crippen molar-refractivity contribution in [3.63, 3.8) is 0 Å². The molecule has 1 aromatic carbocycles. The Labute approximate surface area is 152 Å². The average molecular weight is 379 g/mol. The van der Waals surface area contributed by atoms with Crippen LogP contribution in [-0.2, 0) is 23.6 Å². The summed E-state index contributed by atoms with van der Waals surface area (Å²) in [6.45, 7) is 1.38. The molecular weight excluding hydrogens is 358 g/mol. The van der Waals surface area contributed by atoms with Gasteiger partial charge in [0.15, 0.2) is 11.5 Å². The third kappa shape index (κ3) is 3.54. The van der Waals surface area contributed by atoms with Gasteiger partial charge in [-0.05, 0) is 30.8 Å². The zero-order valence-corrected chi connectivity index (χ0v) is 15.7. The first-order valence-electron chi connectivity index (χ1n) is 8.05. The maximum absolute atomic E-state index is 12.7. The highest BCUT2D eigenvalue weighted by atomic mass is 32.2. The number of nitrogens with one attached hydrogen (secondary N) is 1. The predicted molar refractivity (Wildman–Crippen MR) is 94.9 cm³/mol. The molecule has 1 N–H and O–H groups in total. The number of ether oxygens (including phenoxy) is 2. The molecule has 1 aliphatic rings. The molecule has 0 aliphatic carbocycles. The van der Waals surface area contributed by atoms with E-state index in [4.69, 9.17) is 9.47 Å². The second kappa shape index (κ2) is 7.00. The lowest BCUT2D eigenvalue weighted by Crippen LogP contribution is -2.28. The fraction of sp³-hybridized carbons (Fsp3) is 0.353. The van der Waals surface area contributed by atoms with E-state index in [1.54, 1.807) is 14.1 Å². The van der Waals surface area contributed by atoms with E-state index in [-0.39, 0.29) is 10.8 Å². The number of aromatic nitrogens is 1. The summed E-state index contributed by atoms with van der Waals surface area (Å²) in [5.41, 5.74) is 1.18. The first kappa shape index (κ1) is 18.3. The van der Waals surface area contributed by atoms with Crippen molar-refractivity contribution in [3.8, 4) is 11.5 Å². The number of rotatable bonds is 5. The maximum Gasteiger partial charge on any atom is 0.270 e. The highest BCUT2D eigenvalue weighted by Crippen LogP contribution is 2.31. The second-order valence-corrected chi connectivity index (χ2v) is 7.91. The van der Waals surface area contributed by atoms with Gasteiger partial charge in [0.25, 0.3) is 5.91 Å². The van der Waals surface area contributed by atoms with Gasteiger partial charge >= 0.3 is 0 Å². The standard InChI is InChI=1S/C17H21N3O5S/c1-18-26(22,23)13-9-14(19(2)11-13)17(21)20(3)10-12-4-5-15-16(8-12)25-7-6-24-15/h4-5,8-9,11,18H,6-7,10H2,1-3H3. The van der Waals surface area contributed by atoms with E-state index in [0.717, 1.165) is 5.56 Å². The Morgan fingerprint density at radius 1 is 1.23 bits per heavy atom. The predicted octanol–water partition coefficient (Wildman–Crippen LogP) is 0.977. The van der Waals surface area contributed by atoms with Crippen molar-refractivity contribution < 1.29 is 22.7 Å². The van der Waals surface area contributed by atoms with Crippen LogP contribution in [0.1, 0.15) is 16.1 Å². The number of aryl methyl sites for hydroxylation is 1. The van der Waals surface area contributed by atoms with Gasteiger partial charge in [-0.1, -0.05) is 6.07 Å². The minimum Gasteiger partial charge on any atom is -0.486 e. The van der Waals surface area contributed by atoms with Gasteiger partial charge in [0.05, 0.1) is 0 Å². The molecule has 9 heteroatoms. The first-order valence-corrected chi connectivity index (χ1v) is 9.54. The van der Waals surface area contributed by atoms with Crippen LogP contribution in [-0.4, -0.2) is 51.1 Å². The Morgan fingerprint density at radius 3 is 2.62 bits per heavy atom. The van der Waals surface area contributed by atoms with Gasteiger partial charge in [-0.2, -0.15) is 0 Å². The molecule has 1 aliphatic heterocycles. The zero-order valence-electron chi connectivity index (χ0n) is 14.9. The van der Waals surface area contributed by atoms with Gasteiger partial charge in [0, 0.05) is 26.8 Å². The summed E-state index contributed by atoms with van der Waals surface area (Å²) < 4.78 is 38.6. The van der Waals surface area contributed by atoms with E-state index in [2.05, 4.69) is 4.72 Å².